The average Bonchev–Trinajstić information content (AvgIpc) is 2.44. The standard InChI is InChI=1S/C16H15Cl2NO/c17-14-7-5-11(8-15(14)18)19-16-3-1-2-10-4-6-12(20)9-13(10)16/h4-9,16,19-20H,1-3H2. The molecule has 2 N–H and O–H groups in total. The molecule has 2 aromatic carbocycles. The maximum atomic E-state index is 9.69. The van der Waals surface area contributed by atoms with Crippen LogP contribution < -0.4 is 5.32 Å². The molecule has 0 radical (unpaired) electrons. The second-order valence-electron chi connectivity index (χ2n) is 5.10. The van der Waals surface area contributed by atoms with Crippen LogP contribution in [0.25, 0.3) is 0 Å². The Labute approximate surface area is 128 Å². The van der Waals surface area contributed by atoms with Crippen molar-refractivity contribution in [3.05, 3.63) is 57.6 Å². The van der Waals surface area contributed by atoms with E-state index in [4.69, 9.17) is 23.2 Å². The van der Waals surface area contributed by atoms with Crippen LogP contribution in [0.5, 0.6) is 5.75 Å². The van der Waals surface area contributed by atoms with E-state index in [2.05, 4.69) is 5.32 Å². The van der Waals surface area contributed by atoms with E-state index < -0.39 is 0 Å². The average molecular weight is 308 g/mol. The van der Waals surface area contributed by atoms with Gasteiger partial charge in [0.15, 0.2) is 0 Å². The molecule has 0 aliphatic heterocycles. The van der Waals surface area contributed by atoms with E-state index in [1.165, 1.54) is 11.1 Å². The number of hydrogen-bond donors (Lipinski definition) is 2. The molecule has 2 nitrogen and oxygen atoms in total. The Balaban J connectivity index is 1.89. The van der Waals surface area contributed by atoms with Gasteiger partial charge in [0.25, 0.3) is 0 Å². The highest BCUT2D eigenvalue weighted by Crippen LogP contribution is 2.35. The van der Waals surface area contributed by atoms with Gasteiger partial charge >= 0.3 is 0 Å². The maximum absolute atomic E-state index is 9.69. The highest BCUT2D eigenvalue weighted by atomic mass is 35.5. The predicted octanol–water partition coefficient (Wildman–Crippen LogP) is 5.19. The summed E-state index contributed by atoms with van der Waals surface area (Å²) in [6.07, 6.45) is 3.24. The van der Waals surface area contributed by atoms with Crippen LogP contribution in [0.3, 0.4) is 0 Å². The summed E-state index contributed by atoms with van der Waals surface area (Å²) in [6, 6.07) is 11.4. The molecule has 0 saturated heterocycles. The van der Waals surface area contributed by atoms with E-state index in [-0.39, 0.29) is 6.04 Å². The number of phenols is 1. The fourth-order valence-corrected chi connectivity index (χ4v) is 3.02. The Morgan fingerprint density at radius 1 is 1.05 bits per heavy atom. The van der Waals surface area contributed by atoms with Gasteiger partial charge in [-0.3, -0.25) is 0 Å². The third kappa shape index (κ3) is 2.72. The van der Waals surface area contributed by atoms with Gasteiger partial charge in [-0.2, -0.15) is 0 Å². The first-order chi connectivity index (χ1) is 9.63. The molecule has 0 saturated carbocycles. The molecule has 104 valence electrons. The fraction of sp³-hybridized carbons (Fsp3) is 0.250. The summed E-state index contributed by atoms with van der Waals surface area (Å²) in [5.74, 6) is 0.312. The normalized spacial score (nSPS) is 17.6. The molecule has 1 atom stereocenters. The fourth-order valence-electron chi connectivity index (χ4n) is 2.72. The number of fused-ring (bicyclic) bond motifs is 1. The van der Waals surface area contributed by atoms with Crippen LogP contribution in [0.2, 0.25) is 10.0 Å². The van der Waals surface area contributed by atoms with Crippen LogP contribution >= 0.6 is 23.2 Å². The smallest absolute Gasteiger partial charge is 0.115 e. The molecule has 2 aromatic rings. The molecular weight excluding hydrogens is 293 g/mol. The van der Waals surface area contributed by atoms with Gasteiger partial charge in [0.05, 0.1) is 16.1 Å². The monoisotopic (exact) mass is 307 g/mol. The second kappa shape index (κ2) is 5.55. The van der Waals surface area contributed by atoms with E-state index in [9.17, 15) is 5.11 Å². The minimum atomic E-state index is 0.197. The van der Waals surface area contributed by atoms with E-state index in [0.29, 0.717) is 15.8 Å². The summed E-state index contributed by atoms with van der Waals surface area (Å²) < 4.78 is 0. The first-order valence-electron chi connectivity index (χ1n) is 6.67. The number of anilines is 1. The SMILES string of the molecule is Oc1ccc2c(c1)C(Nc1ccc(Cl)c(Cl)c1)CCC2. The second-order valence-corrected chi connectivity index (χ2v) is 5.92. The van der Waals surface area contributed by atoms with E-state index >= 15 is 0 Å². The Morgan fingerprint density at radius 3 is 2.70 bits per heavy atom. The van der Waals surface area contributed by atoms with Gasteiger partial charge in [0.2, 0.25) is 0 Å². The number of aromatic hydroxyl groups is 1. The molecule has 0 spiro atoms. The molecule has 3 rings (SSSR count). The van der Waals surface area contributed by atoms with E-state index in [0.717, 1.165) is 24.9 Å². The third-order valence-electron chi connectivity index (χ3n) is 3.70. The van der Waals surface area contributed by atoms with Crippen molar-refractivity contribution in [3.63, 3.8) is 0 Å². The topological polar surface area (TPSA) is 32.3 Å². The zero-order chi connectivity index (χ0) is 14.1. The Hall–Kier alpha value is -1.38. The largest absolute Gasteiger partial charge is 0.508 e. The third-order valence-corrected chi connectivity index (χ3v) is 4.44. The zero-order valence-electron chi connectivity index (χ0n) is 10.9. The highest BCUT2D eigenvalue weighted by Gasteiger charge is 2.20. The van der Waals surface area contributed by atoms with Crippen molar-refractivity contribution >= 4 is 28.9 Å². The Bertz CT molecular complexity index is 642. The number of benzene rings is 2. The molecule has 1 aliphatic carbocycles. The van der Waals surface area contributed by atoms with Crippen molar-refractivity contribution in [1.82, 2.24) is 0 Å². The van der Waals surface area contributed by atoms with E-state index in [1.54, 1.807) is 12.1 Å². The molecule has 0 fully saturated rings. The van der Waals surface area contributed by atoms with Crippen LogP contribution in [0.15, 0.2) is 36.4 Å². The number of hydrogen-bond acceptors (Lipinski definition) is 2. The van der Waals surface area contributed by atoms with Crippen molar-refractivity contribution in [3.8, 4) is 5.75 Å². The number of aryl methyl sites for hydroxylation is 1. The van der Waals surface area contributed by atoms with Crippen LogP contribution in [0.1, 0.15) is 30.0 Å². The minimum Gasteiger partial charge on any atom is -0.508 e. The number of nitrogens with one attached hydrogen (secondary N) is 1. The molecule has 1 unspecified atom stereocenters. The lowest BCUT2D eigenvalue weighted by Crippen LogP contribution is -2.17. The van der Waals surface area contributed by atoms with Crippen molar-refractivity contribution in [2.75, 3.05) is 5.32 Å². The van der Waals surface area contributed by atoms with Crippen molar-refractivity contribution < 1.29 is 5.11 Å². The van der Waals surface area contributed by atoms with Gasteiger partial charge in [0.1, 0.15) is 5.75 Å². The number of phenolic OH excluding ortho intramolecular Hbond substituents is 1. The van der Waals surface area contributed by atoms with Gasteiger partial charge < -0.3 is 10.4 Å². The molecule has 4 heteroatoms. The van der Waals surface area contributed by atoms with Crippen LogP contribution in [-0.2, 0) is 6.42 Å². The lowest BCUT2D eigenvalue weighted by atomic mass is 9.87. The molecule has 0 amide bonds. The molecule has 20 heavy (non-hydrogen) atoms. The van der Waals surface area contributed by atoms with Gasteiger partial charge in [-0.25, -0.2) is 0 Å². The maximum Gasteiger partial charge on any atom is 0.115 e. The molecule has 0 bridgehead atoms. The highest BCUT2D eigenvalue weighted by molar-refractivity contribution is 6.42. The predicted molar refractivity (Wildman–Crippen MR) is 83.9 cm³/mol. The summed E-state index contributed by atoms with van der Waals surface area (Å²) >= 11 is 12.0. The number of halogens is 2. The Morgan fingerprint density at radius 2 is 1.90 bits per heavy atom. The van der Waals surface area contributed by atoms with Crippen molar-refractivity contribution in [1.29, 1.82) is 0 Å². The van der Waals surface area contributed by atoms with E-state index in [1.807, 2.05) is 24.3 Å². The Kier molecular flexibility index (Phi) is 3.77. The summed E-state index contributed by atoms with van der Waals surface area (Å²) in [5.41, 5.74) is 3.41. The van der Waals surface area contributed by atoms with Crippen molar-refractivity contribution in [2.24, 2.45) is 0 Å². The summed E-state index contributed by atoms with van der Waals surface area (Å²) in [6.45, 7) is 0. The van der Waals surface area contributed by atoms with Gasteiger partial charge in [0, 0.05) is 5.69 Å². The molecule has 1 aliphatic rings. The molecule has 0 aromatic heterocycles. The summed E-state index contributed by atoms with van der Waals surface area (Å²) in [4.78, 5) is 0. The zero-order valence-corrected chi connectivity index (χ0v) is 12.4. The quantitative estimate of drug-likeness (QED) is 0.800. The minimum absolute atomic E-state index is 0.197. The van der Waals surface area contributed by atoms with Crippen molar-refractivity contribution in [2.45, 2.75) is 25.3 Å². The van der Waals surface area contributed by atoms with Crippen LogP contribution in [0.4, 0.5) is 5.69 Å². The van der Waals surface area contributed by atoms with Crippen LogP contribution in [0, 0.1) is 0 Å². The lowest BCUT2D eigenvalue weighted by Gasteiger charge is -2.27. The summed E-state index contributed by atoms with van der Waals surface area (Å²) in [5, 5.41) is 14.3. The van der Waals surface area contributed by atoms with Gasteiger partial charge in [-0.1, -0.05) is 29.3 Å². The first-order valence-corrected chi connectivity index (χ1v) is 7.42. The van der Waals surface area contributed by atoms with Gasteiger partial charge in [-0.05, 0) is 60.7 Å². The number of rotatable bonds is 2. The lowest BCUT2D eigenvalue weighted by molar-refractivity contribution is 0.471. The summed E-state index contributed by atoms with van der Waals surface area (Å²) in [7, 11) is 0. The van der Waals surface area contributed by atoms with Crippen LogP contribution in [-0.4, -0.2) is 5.11 Å². The molecule has 0 heterocycles. The van der Waals surface area contributed by atoms with Gasteiger partial charge in [-0.15, -0.1) is 0 Å². The molecular formula is C16H15Cl2NO. The first kappa shape index (κ1) is 13.6.